The van der Waals surface area contributed by atoms with E-state index in [1.54, 1.807) is 0 Å². The van der Waals surface area contributed by atoms with Gasteiger partial charge in [-0.2, -0.15) is 0 Å². The molecule has 1 aliphatic heterocycles. The monoisotopic (exact) mass is 420 g/mol. The van der Waals surface area contributed by atoms with Crippen LogP contribution in [-0.2, 0) is 32.0 Å². The Labute approximate surface area is 133 Å². The lowest BCUT2D eigenvalue weighted by Gasteiger charge is -2.41. The third-order valence-electron chi connectivity index (χ3n) is 2.56. The smallest absolute Gasteiger partial charge is 0.385 e. The van der Waals surface area contributed by atoms with Gasteiger partial charge in [-0.15, -0.1) is 0 Å². The standard InChI is InChI=1S/C6H15O15P3/c7-3-5(21-24(15,16)17)4(20-23(12,13)14)2(19-6(3)8)1-18-22(9,10)11/h2-8H,1H2,(H2,9,10,11)(H2,12,13,14)(H2,15,16,17)/t2-,3-,4-,5-,6+/m1/s1. The van der Waals surface area contributed by atoms with Gasteiger partial charge in [-0.05, 0) is 0 Å². The second-order valence-corrected chi connectivity index (χ2v) is 8.09. The van der Waals surface area contributed by atoms with Gasteiger partial charge in [0.1, 0.15) is 24.4 Å². The van der Waals surface area contributed by atoms with Crippen molar-refractivity contribution in [3.8, 4) is 0 Å². The SMILES string of the molecule is O=P(O)(O)OC[C@H]1O[C@H](O)[C@H](O)[C@@H](OP(=O)(O)O)[C@@H]1OP(=O)(O)O. The number of ether oxygens (including phenoxy) is 1. The Morgan fingerprint density at radius 3 is 1.67 bits per heavy atom. The van der Waals surface area contributed by atoms with Gasteiger partial charge in [-0.3, -0.25) is 13.6 Å². The number of hydrogen-bond donors (Lipinski definition) is 8. The number of rotatable bonds is 7. The van der Waals surface area contributed by atoms with Gasteiger partial charge >= 0.3 is 23.5 Å². The average molecular weight is 420 g/mol. The van der Waals surface area contributed by atoms with E-state index in [4.69, 9.17) is 29.4 Å². The van der Waals surface area contributed by atoms with E-state index in [0.717, 1.165) is 0 Å². The zero-order valence-electron chi connectivity index (χ0n) is 11.4. The molecule has 0 amide bonds. The molecule has 0 aliphatic carbocycles. The van der Waals surface area contributed by atoms with Gasteiger partial charge in [-0.25, -0.2) is 13.7 Å². The summed E-state index contributed by atoms with van der Waals surface area (Å²) in [4.78, 5) is 52.4. The Balaban J connectivity index is 3.11. The molecule has 0 spiro atoms. The van der Waals surface area contributed by atoms with Crippen LogP contribution in [0.5, 0.6) is 0 Å². The highest BCUT2D eigenvalue weighted by Crippen LogP contribution is 2.47. The first-order valence-corrected chi connectivity index (χ1v) is 10.4. The van der Waals surface area contributed by atoms with Crippen LogP contribution in [0, 0.1) is 0 Å². The first kappa shape index (κ1) is 22.3. The maximum Gasteiger partial charge on any atom is 0.470 e. The number of aliphatic hydroxyl groups excluding tert-OH is 2. The van der Waals surface area contributed by atoms with Gasteiger partial charge in [0.15, 0.2) is 6.29 Å². The average Bonchev–Trinajstić information content (AvgIpc) is 2.32. The predicted molar refractivity (Wildman–Crippen MR) is 68.7 cm³/mol. The first-order chi connectivity index (χ1) is 10.6. The van der Waals surface area contributed by atoms with E-state index in [1.165, 1.54) is 0 Å². The van der Waals surface area contributed by atoms with Gasteiger partial charge in [-0.1, -0.05) is 0 Å². The summed E-state index contributed by atoms with van der Waals surface area (Å²) >= 11 is 0. The summed E-state index contributed by atoms with van der Waals surface area (Å²) in [7, 11) is -15.7. The van der Waals surface area contributed by atoms with Gasteiger partial charge in [0.05, 0.1) is 6.61 Å². The van der Waals surface area contributed by atoms with Gasteiger partial charge in [0.2, 0.25) is 0 Å². The fourth-order valence-electron chi connectivity index (χ4n) is 1.78. The molecule has 18 heteroatoms. The fourth-order valence-corrected chi connectivity index (χ4v) is 3.25. The minimum Gasteiger partial charge on any atom is -0.385 e. The molecule has 24 heavy (non-hydrogen) atoms. The van der Waals surface area contributed by atoms with E-state index in [9.17, 15) is 23.9 Å². The second-order valence-electron chi connectivity index (χ2n) is 4.46. The molecule has 144 valence electrons. The van der Waals surface area contributed by atoms with E-state index in [1.807, 2.05) is 0 Å². The summed E-state index contributed by atoms with van der Waals surface area (Å²) in [5, 5.41) is 19.1. The van der Waals surface area contributed by atoms with Crippen molar-refractivity contribution in [2.24, 2.45) is 0 Å². The molecule has 0 radical (unpaired) electrons. The largest absolute Gasteiger partial charge is 0.470 e. The molecular formula is C6H15O15P3. The van der Waals surface area contributed by atoms with Crippen LogP contribution in [0.2, 0.25) is 0 Å². The highest BCUT2D eigenvalue weighted by Gasteiger charge is 2.51. The molecular weight excluding hydrogens is 405 g/mol. The maximum atomic E-state index is 11.0. The van der Waals surface area contributed by atoms with Crippen LogP contribution in [0.3, 0.4) is 0 Å². The molecule has 1 heterocycles. The van der Waals surface area contributed by atoms with Crippen molar-refractivity contribution in [2.45, 2.75) is 30.7 Å². The summed E-state index contributed by atoms with van der Waals surface area (Å²) in [5.74, 6) is 0. The van der Waals surface area contributed by atoms with Crippen molar-refractivity contribution in [1.82, 2.24) is 0 Å². The highest BCUT2D eigenvalue weighted by atomic mass is 31.2. The number of phosphoric acid groups is 3. The molecule has 1 saturated heterocycles. The van der Waals surface area contributed by atoms with Crippen molar-refractivity contribution >= 4 is 23.5 Å². The number of hydrogen-bond acceptors (Lipinski definition) is 9. The van der Waals surface area contributed by atoms with Gasteiger partial charge < -0.3 is 44.3 Å². The summed E-state index contributed by atoms with van der Waals surface area (Å²) in [6.45, 7) is -1.13. The van der Waals surface area contributed by atoms with Crippen molar-refractivity contribution in [2.75, 3.05) is 6.61 Å². The molecule has 1 rings (SSSR count). The van der Waals surface area contributed by atoms with E-state index in [0.29, 0.717) is 0 Å². The molecule has 0 unspecified atom stereocenters. The predicted octanol–water partition coefficient (Wildman–Crippen LogP) is -2.87. The lowest BCUT2D eigenvalue weighted by molar-refractivity contribution is -0.279. The lowest BCUT2D eigenvalue weighted by Crippen LogP contribution is -2.59. The summed E-state index contributed by atoms with van der Waals surface area (Å²) < 4.78 is 49.6. The van der Waals surface area contributed by atoms with Crippen molar-refractivity contribution in [3.05, 3.63) is 0 Å². The zero-order chi connectivity index (χ0) is 18.9. The minimum atomic E-state index is -5.34. The topological polar surface area (TPSA) is 250 Å². The zero-order valence-corrected chi connectivity index (χ0v) is 14.1. The molecule has 5 atom stereocenters. The quantitative estimate of drug-likeness (QED) is 0.193. The molecule has 0 aromatic rings. The Morgan fingerprint density at radius 1 is 0.792 bits per heavy atom. The first-order valence-electron chi connectivity index (χ1n) is 5.78. The van der Waals surface area contributed by atoms with Crippen LogP contribution in [-0.4, -0.2) is 76.9 Å². The van der Waals surface area contributed by atoms with Crippen LogP contribution in [0.15, 0.2) is 0 Å². The molecule has 0 aromatic heterocycles. The third kappa shape index (κ3) is 7.62. The summed E-state index contributed by atoms with van der Waals surface area (Å²) in [5.41, 5.74) is 0. The minimum absolute atomic E-state index is 1.13. The Kier molecular flexibility index (Phi) is 7.27. The maximum absolute atomic E-state index is 11.0. The van der Waals surface area contributed by atoms with Crippen molar-refractivity contribution in [3.63, 3.8) is 0 Å². The molecule has 0 bridgehead atoms. The van der Waals surface area contributed by atoms with Crippen LogP contribution >= 0.6 is 23.5 Å². The normalized spacial score (nSPS) is 32.8. The molecule has 0 aromatic carbocycles. The Hall–Kier alpha value is 0.210. The highest BCUT2D eigenvalue weighted by molar-refractivity contribution is 7.46. The van der Waals surface area contributed by atoms with Crippen LogP contribution < -0.4 is 0 Å². The Bertz CT molecular complexity index is 560. The summed E-state index contributed by atoms with van der Waals surface area (Å²) in [6, 6.07) is 0. The molecule has 8 N–H and O–H groups in total. The second kappa shape index (κ2) is 7.84. The third-order valence-corrected chi connectivity index (χ3v) is 4.08. The van der Waals surface area contributed by atoms with Gasteiger partial charge in [0.25, 0.3) is 0 Å². The van der Waals surface area contributed by atoms with E-state index in [-0.39, 0.29) is 0 Å². The van der Waals surface area contributed by atoms with E-state index < -0.39 is 60.8 Å². The van der Waals surface area contributed by atoms with Crippen molar-refractivity contribution < 1.29 is 71.6 Å². The summed E-state index contributed by atoms with van der Waals surface area (Å²) in [6.07, 6.45) is -10.7. The van der Waals surface area contributed by atoms with Crippen LogP contribution in [0.4, 0.5) is 0 Å². The van der Waals surface area contributed by atoms with Gasteiger partial charge in [0, 0.05) is 0 Å². The van der Waals surface area contributed by atoms with Crippen LogP contribution in [0.25, 0.3) is 0 Å². The molecule has 1 fully saturated rings. The van der Waals surface area contributed by atoms with Crippen molar-refractivity contribution in [1.29, 1.82) is 0 Å². The molecule has 1 aliphatic rings. The van der Waals surface area contributed by atoms with E-state index in [2.05, 4.69) is 18.3 Å². The number of aliphatic hydroxyl groups is 2. The Morgan fingerprint density at radius 2 is 1.25 bits per heavy atom. The van der Waals surface area contributed by atoms with E-state index >= 15 is 0 Å². The molecule has 15 nitrogen and oxygen atoms in total. The fraction of sp³-hybridized carbons (Fsp3) is 1.00. The number of phosphoric ester groups is 3. The molecule has 0 saturated carbocycles. The van der Waals surface area contributed by atoms with Crippen LogP contribution in [0.1, 0.15) is 0 Å². The lowest BCUT2D eigenvalue weighted by atomic mass is 9.99.